The highest BCUT2D eigenvalue weighted by Gasteiger charge is 2.18. The largest absolute Gasteiger partial charge is 0.338 e. The van der Waals surface area contributed by atoms with Crippen LogP contribution in [0.25, 0.3) is 10.9 Å². The molecule has 2 amide bonds. The predicted molar refractivity (Wildman–Crippen MR) is 96.0 cm³/mol. The first-order valence-corrected chi connectivity index (χ1v) is 7.95. The molecule has 2 N–H and O–H groups in total. The highest BCUT2D eigenvalue weighted by atomic mass is 16.6. The minimum atomic E-state index is -0.447. The summed E-state index contributed by atoms with van der Waals surface area (Å²) in [6, 6.07) is 11.5. The van der Waals surface area contributed by atoms with E-state index >= 15 is 0 Å². The monoisotopic (exact) mass is 350 g/mol. The van der Waals surface area contributed by atoms with E-state index in [1.807, 2.05) is 0 Å². The number of carbonyl (C=O) groups excluding carboxylic acids is 2. The zero-order valence-corrected chi connectivity index (χ0v) is 13.6. The van der Waals surface area contributed by atoms with Gasteiger partial charge in [-0.1, -0.05) is 0 Å². The van der Waals surface area contributed by atoms with Gasteiger partial charge in [-0.05, 0) is 35.9 Å². The maximum absolute atomic E-state index is 12.3. The Kier molecular flexibility index (Phi) is 3.65. The van der Waals surface area contributed by atoms with Crippen molar-refractivity contribution in [3.05, 3.63) is 64.3 Å². The van der Waals surface area contributed by atoms with Gasteiger partial charge in [-0.25, -0.2) is 0 Å². The number of hydrogen-bond donors (Lipinski definition) is 2. The maximum Gasteiger partial charge on any atom is 0.270 e. The molecule has 3 aromatic rings. The molecule has 0 radical (unpaired) electrons. The molecule has 0 aliphatic carbocycles. The molecule has 1 aliphatic rings. The number of nitro groups is 1. The Morgan fingerprint density at radius 1 is 1.23 bits per heavy atom. The third kappa shape index (κ3) is 2.88. The van der Waals surface area contributed by atoms with Gasteiger partial charge in [-0.3, -0.25) is 19.7 Å². The van der Waals surface area contributed by atoms with Gasteiger partial charge in [-0.2, -0.15) is 0 Å². The molecule has 2 heterocycles. The Balaban J connectivity index is 1.50. The molecule has 0 spiro atoms. The van der Waals surface area contributed by atoms with E-state index in [1.54, 1.807) is 41.1 Å². The Morgan fingerprint density at radius 2 is 2.08 bits per heavy atom. The van der Waals surface area contributed by atoms with Crippen LogP contribution < -0.4 is 10.6 Å². The van der Waals surface area contributed by atoms with Gasteiger partial charge in [0.2, 0.25) is 11.8 Å². The van der Waals surface area contributed by atoms with Crippen molar-refractivity contribution in [2.24, 2.45) is 0 Å². The summed E-state index contributed by atoms with van der Waals surface area (Å²) in [6.45, 7) is 0.0789. The Hall–Kier alpha value is -3.68. The summed E-state index contributed by atoms with van der Waals surface area (Å²) in [6.07, 6.45) is 2.03. The number of anilines is 2. The first-order valence-electron chi connectivity index (χ1n) is 7.95. The lowest BCUT2D eigenvalue weighted by Gasteiger charge is -2.09. The number of carbonyl (C=O) groups is 2. The molecule has 0 atom stereocenters. The van der Waals surface area contributed by atoms with Gasteiger partial charge >= 0.3 is 0 Å². The molecular weight excluding hydrogens is 336 g/mol. The summed E-state index contributed by atoms with van der Waals surface area (Å²) in [5.74, 6) is -0.283. The van der Waals surface area contributed by atoms with E-state index in [0.717, 1.165) is 16.8 Å². The Bertz CT molecular complexity index is 1070. The summed E-state index contributed by atoms with van der Waals surface area (Å²) < 4.78 is 1.73. The first kappa shape index (κ1) is 15.8. The van der Waals surface area contributed by atoms with Crippen LogP contribution >= 0.6 is 0 Å². The SMILES string of the molecule is O=C(Cn1ccc2cc([N+](=O)[O-])ccc21)Nc1ccc2c(c1)CC(=O)N2. The van der Waals surface area contributed by atoms with Crippen molar-refractivity contribution in [2.75, 3.05) is 10.6 Å². The maximum atomic E-state index is 12.3. The van der Waals surface area contributed by atoms with Gasteiger partial charge in [0.1, 0.15) is 6.54 Å². The zero-order valence-electron chi connectivity index (χ0n) is 13.6. The number of rotatable bonds is 4. The highest BCUT2D eigenvalue weighted by molar-refractivity contribution is 6.00. The second kappa shape index (κ2) is 5.99. The number of nitrogens with zero attached hydrogens (tertiary/aromatic N) is 2. The number of nitro benzene ring substituents is 1. The molecule has 8 nitrogen and oxygen atoms in total. The van der Waals surface area contributed by atoms with Gasteiger partial charge in [0.05, 0.1) is 11.3 Å². The summed E-state index contributed by atoms with van der Waals surface area (Å²) in [5, 5.41) is 17.1. The van der Waals surface area contributed by atoms with Crippen molar-refractivity contribution in [3.8, 4) is 0 Å². The van der Waals surface area contributed by atoms with E-state index in [4.69, 9.17) is 0 Å². The molecule has 26 heavy (non-hydrogen) atoms. The molecule has 130 valence electrons. The van der Waals surface area contributed by atoms with E-state index in [2.05, 4.69) is 10.6 Å². The number of nitrogens with one attached hydrogen (secondary N) is 2. The number of non-ortho nitro benzene ring substituents is 1. The average molecular weight is 350 g/mol. The molecule has 2 aromatic carbocycles. The van der Waals surface area contributed by atoms with Crippen molar-refractivity contribution in [2.45, 2.75) is 13.0 Å². The smallest absolute Gasteiger partial charge is 0.270 e. The summed E-state index contributed by atoms with van der Waals surface area (Å²) in [7, 11) is 0. The van der Waals surface area contributed by atoms with Gasteiger partial charge < -0.3 is 15.2 Å². The standard InChI is InChI=1S/C18H14N4O4/c23-17-9-12-7-13(1-3-15(12)20-17)19-18(24)10-21-6-5-11-8-14(22(25)26)2-4-16(11)21/h1-8H,9-10H2,(H,19,24)(H,20,23). The summed E-state index contributed by atoms with van der Waals surface area (Å²) in [4.78, 5) is 34.1. The lowest BCUT2D eigenvalue weighted by Crippen LogP contribution is -2.18. The second-order valence-electron chi connectivity index (χ2n) is 6.09. The highest BCUT2D eigenvalue weighted by Crippen LogP contribution is 2.26. The molecule has 0 fully saturated rings. The van der Waals surface area contributed by atoms with E-state index in [-0.39, 0.29) is 24.0 Å². The number of amides is 2. The number of aromatic nitrogens is 1. The zero-order chi connectivity index (χ0) is 18.3. The van der Waals surface area contributed by atoms with Crippen LogP contribution in [0.3, 0.4) is 0 Å². The topological polar surface area (TPSA) is 106 Å². The van der Waals surface area contributed by atoms with Crippen molar-refractivity contribution in [1.29, 1.82) is 0 Å². The molecule has 0 bridgehead atoms. The fraction of sp³-hybridized carbons (Fsp3) is 0.111. The normalized spacial score (nSPS) is 12.7. The fourth-order valence-electron chi connectivity index (χ4n) is 3.10. The number of hydrogen-bond acceptors (Lipinski definition) is 4. The van der Waals surface area contributed by atoms with Gasteiger partial charge in [-0.15, -0.1) is 0 Å². The number of benzene rings is 2. The van der Waals surface area contributed by atoms with Crippen LogP contribution in [-0.2, 0) is 22.6 Å². The van der Waals surface area contributed by atoms with Crippen LogP contribution in [0, 0.1) is 10.1 Å². The number of fused-ring (bicyclic) bond motifs is 2. The van der Waals surface area contributed by atoms with Crippen LogP contribution in [0.4, 0.5) is 17.1 Å². The Morgan fingerprint density at radius 3 is 2.88 bits per heavy atom. The van der Waals surface area contributed by atoms with Gasteiger partial charge in [0.25, 0.3) is 5.69 Å². The summed E-state index contributed by atoms with van der Waals surface area (Å²) in [5.41, 5.74) is 3.00. The van der Waals surface area contributed by atoms with Crippen LogP contribution in [0.15, 0.2) is 48.7 Å². The minimum Gasteiger partial charge on any atom is -0.338 e. The first-order chi connectivity index (χ1) is 12.5. The van der Waals surface area contributed by atoms with Crippen LogP contribution in [-0.4, -0.2) is 21.3 Å². The van der Waals surface area contributed by atoms with E-state index < -0.39 is 4.92 Å². The van der Waals surface area contributed by atoms with Gasteiger partial charge in [0.15, 0.2) is 0 Å². The second-order valence-corrected chi connectivity index (χ2v) is 6.09. The van der Waals surface area contributed by atoms with Crippen molar-refractivity contribution in [1.82, 2.24) is 4.57 Å². The lowest BCUT2D eigenvalue weighted by molar-refractivity contribution is -0.384. The molecule has 0 saturated heterocycles. The third-order valence-corrected chi connectivity index (χ3v) is 4.29. The predicted octanol–water partition coefficient (Wildman–Crippen LogP) is 2.68. The molecule has 1 aromatic heterocycles. The third-order valence-electron chi connectivity index (χ3n) is 4.29. The molecule has 8 heteroatoms. The quantitative estimate of drug-likeness (QED) is 0.557. The Labute approximate surface area is 147 Å². The van der Waals surface area contributed by atoms with Crippen molar-refractivity contribution >= 4 is 39.8 Å². The van der Waals surface area contributed by atoms with Crippen LogP contribution in [0.1, 0.15) is 5.56 Å². The van der Waals surface area contributed by atoms with E-state index in [1.165, 1.54) is 12.1 Å². The molecule has 0 saturated carbocycles. The van der Waals surface area contributed by atoms with E-state index in [0.29, 0.717) is 17.5 Å². The molecule has 1 aliphatic heterocycles. The van der Waals surface area contributed by atoms with Crippen LogP contribution in [0.2, 0.25) is 0 Å². The fourth-order valence-corrected chi connectivity index (χ4v) is 3.10. The van der Waals surface area contributed by atoms with Crippen LogP contribution in [0.5, 0.6) is 0 Å². The lowest BCUT2D eigenvalue weighted by atomic mass is 10.1. The molecule has 0 unspecified atom stereocenters. The summed E-state index contributed by atoms with van der Waals surface area (Å²) >= 11 is 0. The molecule has 4 rings (SSSR count). The van der Waals surface area contributed by atoms with Crippen molar-refractivity contribution < 1.29 is 14.5 Å². The minimum absolute atomic E-state index is 0.0148. The van der Waals surface area contributed by atoms with Gasteiger partial charge in [0, 0.05) is 40.6 Å². The van der Waals surface area contributed by atoms with Crippen molar-refractivity contribution in [3.63, 3.8) is 0 Å². The van der Waals surface area contributed by atoms with E-state index in [9.17, 15) is 19.7 Å². The molecular formula is C18H14N4O4. The average Bonchev–Trinajstić information content (AvgIpc) is 3.16.